The molecule has 3 rings (SSSR count). The highest BCUT2D eigenvalue weighted by Gasteiger charge is 2.23. The van der Waals surface area contributed by atoms with Gasteiger partial charge in [-0.15, -0.1) is 0 Å². The maximum Gasteiger partial charge on any atom is 0.208 e. The Morgan fingerprint density at radius 2 is 2.09 bits per heavy atom. The Labute approximate surface area is 136 Å². The minimum absolute atomic E-state index is 0.0353. The normalized spacial score (nSPS) is 19.8. The molecule has 1 aliphatic heterocycles. The number of para-hydroxylation sites is 1. The van der Waals surface area contributed by atoms with E-state index in [0.29, 0.717) is 13.1 Å². The molecule has 1 aliphatic rings. The first-order valence-corrected chi connectivity index (χ1v) is 9.54. The fraction of sp³-hybridized carbons (Fsp3) is 0.467. The highest BCUT2D eigenvalue weighted by Crippen LogP contribution is 2.15. The van der Waals surface area contributed by atoms with Crippen molar-refractivity contribution in [2.24, 2.45) is 0 Å². The van der Waals surface area contributed by atoms with Crippen LogP contribution < -0.4 is 4.72 Å². The third-order valence-corrected chi connectivity index (χ3v) is 4.63. The van der Waals surface area contributed by atoms with Gasteiger partial charge in [0, 0.05) is 12.6 Å². The Kier molecular flexibility index (Phi) is 4.74. The molecule has 124 valence electrons. The van der Waals surface area contributed by atoms with Gasteiger partial charge in [0.1, 0.15) is 12.2 Å². The van der Waals surface area contributed by atoms with E-state index in [4.69, 9.17) is 0 Å². The highest BCUT2D eigenvalue weighted by atomic mass is 32.2. The molecule has 8 heteroatoms. The summed E-state index contributed by atoms with van der Waals surface area (Å²) >= 11 is 0. The van der Waals surface area contributed by atoms with E-state index in [1.807, 2.05) is 35.0 Å². The van der Waals surface area contributed by atoms with Crippen molar-refractivity contribution >= 4 is 10.0 Å². The van der Waals surface area contributed by atoms with Crippen molar-refractivity contribution in [3.63, 3.8) is 0 Å². The number of piperidine rings is 1. The van der Waals surface area contributed by atoms with Gasteiger partial charge in [0.15, 0.2) is 0 Å². The molecule has 1 atom stereocenters. The lowest BCUT2D eigenvalue weighted by Gasteiger charge is -2.32. The molecular weight excluding hydrogens is 314 g/mol. The lowest BCUT2D eigenvalue weighted by molar-refractivity contribution is 0.189. The summed E-state index contributed by atoms with van der Waals surface area (Å²) in [6.07, 6.45) is 4.60. The van der Waals surface area contributed by atoms with Crippen molar-refractivity contribution in [1.82, 2.24) is 24.4 Å². The smallest absolute Gasteiger partial charge is 0.208 e. The van der Waals surface area contributed by atoms with Gasteiger partial charge in [-0.25, -0.2) is 22.8 Å². The van der Waals surface area contributed by atoms with Crippen molar-refractivity contribution in [2.45, 2.75) is 25.4 Å². The van der Waals surface area contributed by atoms with Crippen LogP contribution >= 0.6 is 0 Å². The van der Waals surface area contributed by atoms with Crippen LogP contribution in [0.15, 0.2) is 36.7 Å². The monoisotopic (exact) mass is 335 g/mol. The lowest BCUT2D eigenvalue weighted by atomic mass is 10.1. The number of nitrogens with zero attached hydrogens (tertiary/aromatic N) is 4. The maximum absolute atomic E-state index is 11.4. The first-order chi connectivity index (χ1) is 11.0. The summed E-state index contributed by atoms with van der Waals surface area (Å²) in [6, 6.07) is 9.84. The van der Waals surface area contributed by atoms with E-state index in [2.05, 4.69) is 19.7 Å². The minimum atomic E-state index is -3.17. The summed E-state index contributed by atoms with van der Waals surface area (Å²) in [4.78, 5) is 6.58. The van der Waals surface area contributed by atoms with Crippen LogP contribution in [0.2, 0.25) is 0 Å². The van der Waals surface area contributed by atoms with Gasteiger partial charge in [-0.1, -0.05) is 18.2 Å². The fourth-order valence-corrected chi connectivity index (χ4v) is 3.75. The second kappa shape index (κ2) is 6.77. The third-order valence-electron chi connectivity index (χ3n) is 3.87. The number of hydrogen-bond acceptors (Lipinski definition) is 5. The molecule has 1 aromatic heterocycles. The molecule has 1 fully saturated rings. The molecular formula is C15H21N5O2S. The van der Waals surface area contributed by atoms with Gasteiger partial charge in [-0.2, -0.15) is 5.10 Å². The van der Waals surface area contributed by atoms with Gasteiger partial charge in [-0.3, -0.25) is 4.90 Å². The van der Waals surface area contributed by atoms with Crippen LogP contribution in [0.25, 0.3) is 5.69 Å². The molecule has 0 bridgehead atoms. The molecule has 2 aromatic rings. The van der Waals surface area contributed by atoms with Crippen molar-refractivity contribution in [3.05, 3.63) is 42.5 Å². The van der Waals surface area contributed by atoms with E-state index < -0.39 is 10.0 Å². The van der Waals surface area contributed by atoms with Crippen LogP contribution in [0.1, 0.15) is 18.7 Å². The van der Waals surface area contributed by atoms with Crippen molar-refractivity contribution in [3.8, 4) is 5.69 Å². The largest absolute Gasteiger partial charge is 0.294 e. The Balaban J connectivity index is 1.69. The predicted molar refractivity (Wildman–Crippen MR) is 87.6 cm³/mol. The zero-order chi connectivity index (χ0) is 16.3. The topological polar surface area (TPSA) is 80.1 Å². The number of sulfonamides is 1. The van der Waals surface area contributed by atoms with Gasteiger partial charge in [0.05, 0.1) is 18.5 Å². The van der Waals surface area contributed by atoms with Gasteiger partial charge in [0.2, 0.25) is 10.0 Å². The van der Waals surface area contributed by atoms with Crippen molar-refractivity contribution in [1.29, 1.82) is 0 Å². The minimum Gasteiger partial charge on any atom is -0.294 e. The molecule has 23 heavy (non-hydrogen) atoms. The molecule has 1 N–H and O–H groups in total. The molecule has 7 nitrogen and oxygen atoms in total. The van der Waals surface area contributed by atoms with E-state index in [1.54, 1.807) is 6.33 Å². The summed E-state index contributed by atoms with van der Waals surface area (Å²) in [5, 5.41) is 4.30. The molecule has 0 spiro atoms. The van der Waals surface area contributed by atoms with E-state index >= 15 is 0 Å². The van der Waals surface area contributed by atoms with Crippen LogP contribution in [-0.2, 0) is 16.6 Å². The third kappa shape index (κ3) is 4.37. The summed E-state index contributed by atoms with van der Waals surface area (Å²) in [5.74, 6) is 0.858. The van der Waals surface area contributed by atoms with Gasteiger partial charge >= 0.3 is 0 Å². The fourth-order valence-electron chi connectivity index (χ4n) is 2.96. The van der Waals surface area contributed by atoms with Crippen LogP contribution in [0.3, 0.4) is 0 Å². The lowest BCUT2D eigenvalue weighted by Crippen LogP contribution is -2.47. The molecule has 2 heterocycles. The average molecular weight is 335 g/mol. The number of hydrogen-bond donors (Lipinski definition) is 1. The molecule has 0 amide bonds. The molecule has 0 saturated carbocycles. The Bertz CT molecular complexity index is 744. The SMILES string of the molecule is CS(=O)(=O)N[C@@H]1CCCN(Cc2ncnn2-c2ccccc2)C1. The summed E-state index contributed by atoms with van der Waals surface area (Å²) in [5.41, 5.74) is 0.975. The summed E-state index contributed by atoms with van der Waals surface area (Å²) in [7, 11) is -3.17. The van der Waals surface area contributed by atoms with E-state index in [9.17, 15) is 8.42 Å². The van der Waals surface area contributed by atoms with Crippen LogP contribution in [-0.4, -0.2) is 53.5 Å². The highest BCUT2D eigenvalue weighted by molar-refractivity contribution is 7.88. The molecule has 1 aromatic carbocycles. The van der Waals surface area contributed by atoms with Gasteiger partial charge < -0.3 is 0 Å². The quantitative estimate of drug-likeness (QED) is 0.873. The number of rotatable bonds is 5. The molecule has 0 aliphatic carbocycles. The zero-order valence-electron chi connectivity index (χ0n) is 13.1. The van der Waals surface area contributed by atoms with Crippen molar-refractivity contribution in [2.75, 3.05) is 19.3 Å². The summed E-state index contributed by atoms with van der Waals surface area (Å²) < 4.78 is 27.3. The van der Waals surface area contributed by atoms with E-state index in [-0.39, 0.29) is 6.04 Å². The Morgan fingerprint density at radius 3 is 2.83 bits per heavy atom. The molecule has 1 saturated heterocycles. The number of nitrogens with one attached hydrogen (secondary N) is 1. The van der Waals surface area contributed by atoms with Crippen LogP contribution in [0.4, 0.5) is 0 Å². The number of benzene rings is 1. The van der Waals surface area contributed by atoms with Crippen LogP contribution in [0, 0.1) is 0 Å². The number of likely N-dealkylation sites (tertiary alicyclic amines) is 1. The second-order valence-corrected chi connectivity index (χ2v) is 7.67. The van der Waals surface area contributed by atoms with Crippen LogP contribution in [0.5, 0.6) is 0 Å². The molecule has 0 unspecified atom stereocenters. The average Bonchev–Trinajstić information content (AvgIpc) is 2.95. The first-order valence-electron chi connectivity index (χ1n) is 7.65. The van der Waals surface area contributed by atoms with E-state index in [1.165, 1.54) is 6.26 Å². The zero-order valence-corrected chi connectivity index (χ0v) is 13.9. The van der Waals surface area contributed by atoms with Gasteiger partial charge in [0.25, 0.3) is 0 Å². The first kappa shape index (κ1) is 16.1. The Hall–Kier alpha value is -1.77. The maximum atomic E-state index is 11.4. The molecule has 0 radical (unpaired) electrons. The van der Waals surface area contributed by atoms with Crippen molar-refractivity contribution < 1.29 is 8.42 Å². The Morgan fingerprint density at radius 1 is 1.30 bits per heavy atom. The standard InChI is InChI=1S/C15H21N5O2S/c1-23(21,22)18-13-6-5-9-19(10-13)11-15-16-12-17-20(15)14-7-3-2-4-8-14/h2-4,7-8,12-13,18H,5-6,9-11H2,1H3/t13-/m1/s1. The summed E-state index contributed by atoms with van der Waals surface area (Å²) in [6.45, 7) is 2.27. The van der Waals surface area contributed by atoms with E-state index in [0.717, 1.165) is 30.9 Å². The van der Waals surface area contributed by atoms with Gasteiger partial charge in [-0.05, 0) is 31.5 Å². The second-order valence-electron chi connectivity index (χ2n) is 5.89. The predicted octanol–water partition coefficient (Wildman–Crippen LogP) is 0.781. The number of aromatic nitrogens is 3.